The molecular formula is C15H28N2. The number of nitrogens with zero attached hydrogens (tertiary/aromatic N) is 1. The Labute approximate surface area is 106 Å². The van der Waals surface area contributed by atoms with Gasteiger partial charge in [-0.05, 0) is 64.7 Å². The molecule has 1 saturated heterocycles. The first-order valence-corrected chi connectivity index (χ1v) is 7.45. The molecule has 2 aliphatic rings. The molecule has 0 bridgehead atoms. The highest BCUT2D eigenvalue weighted by atomic mass is 15.2. The van der Waals surface area contributed by atoms with E-state index in [1.807, 2.05) is 0 Å². The summed E-state index contributed by atoms with van der Waals surface area (Å²) in [6, 6.07) is 0.742. The van der Waals surface area contributed by atoms with Gasteiger partial charge in [-0.25, -0.2) is 0 Å². The molecule has 1 heterocycles. The average Bonchev–Trinajstić information content (AvgIpc) is 2.30. The van der Waals surface area contributed by atoms with Crippen molar-refractivity contribution in [2.45, 2.75) is 51.0 Å². The van der Waals surface area contributed by atoms with Crippen molar-refractivity contribution in [3.63, 3.8) is 0 Å². The summed E-state index contributed by atoms with van der Waals surface area (Å²) in [5.41, 5.74) is 0. The normalized spacial score (nSPS) is 30.8. The second-order valence-electron chi connectivity index (χ2n) is 5.67. The van der Waals surface area contributed by atoms with Crippen LogP contribution in [0.1, 0.15) is 44.9 Å². The molecular weight excluding hydrogens is 208 g/mol. The van der Waals surface area contributed by atoms with Crippen LogP contribution in [0, 0.1) is 5.92 Å². The summed E-state index contributed by atoms with van der Waals surface area (Å²) in [6.07, 6.45) is 14.6. The summed E-state index contributed by atoms with van der Waals surface area (Å²) in [5.74, 6) is 0.911. The van der Waals surface area contributed by atoms with Gasteiger partial charge in [-0.15, -0.1) is 0 Å². The van der Waals surface area contributed by atoms with Gasteiger partial charge in [0.2, 0.25) is 0 Å². The lowest BCUT2D eigenvalue weighted by atomic mass is 9.93. The van der Waals surface area contributed by atoms with Gasteiger partial charge in [-0.1, -0.05) is 25.0 Å². The Morgan fingerprint density at radius 2 is 1.94 bits per heavy atom. The molecule has 0 spiro atoms. The van der Waals surface area contributed by atoms with E-state index >= 15 is 0 Å². The first-order valence-electron chi connectivity index (χ1n) is 7.45. The Balaban J connectivity index is 1.80. The van der Waals surface area contributed by atoms with Crippen molar-refractivity contribution in [3.05, 3.63) is 12.2 Å². The average molecular weight is 236 g/mol. The van der Waals surface area contributed by atoms with Crippen molar-refractivity contribution in [3.8, 4) is 0 Å². The molecule has 1 atom stereocenters. The first-order chi connectivity index (χ1) is 8.40. The fraction of sp³-hybridized carbons (Fsp3) is 0.867. The van der Waals surface area contributed by atoms with Crippen LogP contribution >= 0.6 is 0 Å². The fourth-order valence-corrected chi connectivity index (χ4v) is 3.22. The lowest BCUT2D eigenvalue weighted by molar-refractivity contribution is 0.146. The van der Waals surface area contributed by atoms with Crippen molar-refractivity contribution in [2.75, 3.05) is 26.7 Å². The van der Waals surface area contributed by atoms with Crippen LogP contribution in [0.3, 0.4) is 0 Å². The Bertz CT molecular complexity index is 229. The van der Waals surface area contributed by atoms with Crippen molar-refractivity contribution in [1.29, 1.82) is 0 Å². The maximum absolute atomic E-state index is 3.32. The molecule has 1 fully saturated rings. The number of likely N-dealkylation sites (tertiary alicyclic amines) is 1. The minimum atomic E-state index is 0.742. The number of nitrogens with one attached hydrogen (secondary N) is 1. The van der Waals surface area contributed by atoms with E-state index in [1.165, 1.54) is 64.6 Å². The Kier molecular flexibility index (Phi) is 5.53. The summed E-state index contributed by atoms with van der Waals surface area (Å²) < 4.78 is 0. The van der Waals surface area contributed by atoms with Crippen molar-refractivity contribution >= 4 is 0 Å². The first kappa shape index (κ1) is 13.1. The molecule has 2 rings (SSSR count). The molecule has 0 saturated carbocycles. The lowest BCUT2D eigenvalue weighted by Gasteiger charge is -2.37. The molecule has 0 aromatic heterocycles. The van der Waals surface area contributed by atoms with Gasteiger partial charge in [0.25, 0.3) is 0 Å². The monoisotopic (exact) mass is 236 g/mol. The van der Waals surface area contributed by atoms with Gasteiger partial charge < -0.3 is 5.32 Å². The van der Waals surface area contributed by atoms with Gasteiger partial charge >= 0.3 is 0 Å². The second-order valence-corrected chi connectivity index (χ2v) is 5.67. The van der Waals surface area contributed by atoms with E-state index < -0.39 is 0 Å². The summed E-state index contributed by atoms with van der Waals surface area (Å²) in [7, 11) is 2.07. The number of allylic oxidation sites excluding steroid dienone is 1. The van der Waals surface area contributed by atoms with Crippen LogP contribution in [0.5, 0.6) is 0 Å². The van der Waals surface area contributed by atoms with E-state index in [0.29, 0.717) is 0 Å². The molecule has 2 heteroatoms. The SMILES string of the molecule is CNCC1CCN(C2/C=C/CCCCC2)CC1. The lowest BCUT2D eigenvalue weighted by Crippen LogP contribution is -2.42. The third kappa shape index (κ3) is 4.11. The van der Waals surface area contributed by atoms with Crippen LogP contribution in [0.15, 0.2) is 12.2 Å². The van der Waals surface area contributed by atoms with Crippen LogP contribution in [0.25, 0.3) is 0 Å². The molecule has 98 valence electrons. The molecule has 0 aromatic carbocycles. The standard InChI is InChI=1S/C15H28N2/c1-16-13-14-9-11-17(12-10-14)15-7-5-3-2-4-6-8-15/h5,7,14-16H,2-4,6,8-13H2,1H3/b7-5+. The van der Waals surface area contributed by atoms with Crippen molar-refractivity contribution in [1.82, 2.24) is 10.2 Å². The number of hydrogen-bond donors (Lipinski definition) is 1. The van der Waals surface area contributed by atoms with Crippen molar-refractivity contribution < 1.29 is 0 Å². The third-order valence-electron chi connectivity index (χ3n) is 4.34. The molecule has 17 heavy (non-hydrogen) atoms. The predicted molar refractivity (Wildman–Crippen MR) is 74.2 cm³/mol. The largest absolute Gasteiger partial charge is 0.319 e. The van der Waals surface area contributed by atoms with E-state index in [-0.39, 0.29) is 0 Å². The van der Waals surface area contributed by atoms with Gasteiger partial charge in [0, 0.05) is 6.04 Å². The molecule has 0 aromatic rings. The van der Waals surface area contributed by atoms with E-state index in [4.69, 9.17) is 0 Å². The molecule has 0 radical (unpaired) electrons. The molecule has 1 N–H and O–H groups in total. The smallest absolute Gasteiger partial charge is 0.0278 e. The van der Waals surface area contributed by atoms with Crippen LogP contribution < -0.4 is 5.32 Å². The van der Waals surface area contributed by atoms with Gasteiger partial charge in [-0.3, -0.25) is 4.90 Å². The van der Waals surface area contributed by atoms with Crippen LogP contribution in [-0.2, 0) is 0 Å². The summed E-state index contributed by atoms with van der Waals surface area (Å²) in [6.45, 7) is 3.82. The van der Waals surface area contributed by atoms with E-state index in [1.54, 1.807) is 0 Å². The van der Waals surface area contributed by atoms with Crippen LogP contribution in [-0.4, -0.2) is 37.6 Å². The van der Waals surface area contributed by atoms with Crippen LogP contribution in [0.4, 0.5) is 0 Å². The summed E-state index contributed by atoms with van der Waals surface area (Å²) in [5, 5.41) is 3.32. The Hall–Kier alpha value is -0.340. The quantitative estimate of drug-likeness (QED) is 0.758. The van der Waals surface area contributed by atoms with E-state index in [2.05, 4.69) is 29.4 Å². The highest BCUT2D eigenvalue weighted by Gasteiger charge is 2.23. The zero-order valence-corrected chi connectivity index (χ0v) is 11.3. The van der Waals surface area contributed by atoms with Gasteiger partial charge in [-0.2, -0.15) is 0 Å². The Morgan fingerprint density at radius 1 is 1.12 bits per heavy atom. The molecule has 1 aliphatic carbocycles. The second kappa shape index (κ2) is 7.17. The van der Waals surface area contributed by atoms with Gasteiger partial charge in [0.05, 0.1) is 0 Å². The maximum atomic E-state index is 3.32. The number of hydrogen-bond acceptors (Lipinski definition) is 2. The van der Waals surface area contributed by atoms with Crippen LogP contribution in [0.2, 0.25) is 0 Å². The minimum Gasteiger partial charge on any atom is -0.319 e. The maximum Gasteiger partial charge on any atom is 0.0278 e. The van der Waals surface area contributed by atoms with Gasteiger partial charge in [0.15, 0.2) is 0 Å². The highest BCUT2D eigenvalue weighted by Crippen LogP contribution is 2.22. The van der Waals surface area contributed by atoms with E-state index in [0.717, 1.165) is 12.0 Å². The molecule has 0 amide bonds. The predicted octanol–water partition coefficient (Wildman–Crippen LogP) is 2.81. The number of piperidine rings is 1. The molecule has 1 unspecified atom stereocenters. The summed E-state index contributed by atoms with van der Waals surface area (Å²) in [4.78, 5) is 2.72. The highest BCUT2D eigenvalue weighted by molar-refractivity contribution is 4.96. The van der Waals surface area contributed by atoms with Gasteiger partial charge in [0.1, 0.15) is 0 Å². The summed E-state index contributed by atoms with van der Waals surface area (Å²) >= 11 is 0. The molecule has 1 aliphatic heterocycles. The van der Waals surface area contributed by atoms with Crippen molar-refractivity contribution in [2.24, 2.45) is 5.92 Å². The van der Waals surface area contributed by atoms with E-state index in [9.17, 15) is 0 Å². The fourth-order valence-electron chi connectivity index (χ4n) is 3.22. The molecule has 2 nitrogen and oxygen atoms in total. The Morgan fingerprint density at radius 3 is 2.71 bits per heavy atom. The number of rotatable bonds is 3. The third-order valence-corrected chi connectivity index (χ3v) is 4.34. The minimum absolute atomic E-state index is 0.742. The zero-order valence-electron chi connectivity index (χ0n) is 11.3. The topological polar surface area (TPSA) is 15.3 Å². The zero-order chi connectivity index (χ0) is 11.9.